The van der Waals surface area contributed by atoms with E-state index in [2.05, 4.69) is 23.9 Å². The second-order valence-electron chi connectivity index (χ2n) is 4.88. The van der Waals surface area contributed by atoms with E-state index in [1.807, 2.05) is 4.90 Å². The molecule has 1 amide bonds. The fraction of sp³-hybridized carbons (Fsp3) is 0.909. The van der Waals surface area contributed by atoms with Gasteiger partial charge in [-0.2, -0.15) is 0 Å². The summed E-state index contributed by atoms with van der Waals surface area (Å²) in [5.74, 6) is 0.644. The summed E-state index contributed by atoms with van der Waals surface area (Å²) < 4.78 is 0. The summed E-state index contributed by atoms with van der Waals surface area (Å²) >= 11 is 0. The first-order valence-electron chi connectivity index (χ1n) is 5.82. The fourth-order valence-electron chi connectivity index (χ4n) is 2.42. The lowest BCUT2D eigenvalue weighted by atomic mass is 10.1. The van der Waals surface area contributed by atoms with Crippen molar-refractivity contribution in [3.63, 3.8) is 0 Å². The van der Waals surface area contributed by atoms with Crippen molar-refractivity contribution in [2.45, 2.75) is 6.42 Å². The van der Waals surface area contributed by atoms with Crippen LogP contribution in [-0.4, -0.2) is 74.0 Å². The van der Waals surface area contributed by atoms with Gasteiger partial charge in [-0.05, 0) is 27.1 Å². The van der Waals surface area contributed by atoms with Crippen LogP contribution in [0, 0.1) is 5.92 Å². The normalized spacial score (nSPS) is 29.7. The number of hydrogen-bond acceptors (Lipinski definition) is 3. The molecule has 2 fully saturated rings. The molecule has 0 aromatic heterocycles. The van der Waals surface area contributed by atoms with Crippen molar-refractivity contribution in [2.75, 3.05) is 53.4 Å². The molecule has 2 aliphatic heterocycles. The summed E-state index contributed by atoms with van der Waals surface area (Å²) in [5, 5.41) is 0. The van der Waals surface area contributed by atoms with Crippen LogP contribution in [-0.2, 0) is 4.79 Å². The van der Waals surface area contributed by atoms with Gasteiger partial charge in [0, 0.05) is 32.7 Å². The zero-order valence-corrected chi connectivity index (χ0v) is 9.78. The molecule has 2 saturated heterocycles. The first kappa shape index (κ1) is 10.9. The van der Waals surface area contributed by atoms with E-state index in [-0.39, 0.29) is 5.92 Å². The Labute approximate surface area is 91.8 Å². The minimum absolute atomic E-state index is 0.262. The largest absolute Gasteiger partial charge is 0.340 e. The minimum Gasteiger partial charge on any atom is -0.340 e. The lowest BCUT2D eigenvalue weighted by molar-refractivity contribution is -0.136. The summed E-state index contributed by atoms with van der Waals surface area (Å²) in [6, 6.07) is 0. The van der Waals surface area contributed by atoms with Crippen molar-refractivity contribution in [1.82, 2.24) is 14.7 Å². The maximum Gasteiger partial charge on any atom is 0.227 e. The Morgan fingerprint density at radius 2 is 1.67 bits per heavy atom. The van der Waals surface area contributed by atoms with Gasteiger partial charge in [0.15, 0.2) is 0 Å². The topological polar surface area (TPSA) is 26.8 Å². The molecule has 2 rings (SSSR count). The molecule has 0 bridgehead atoms. The van der Waals surface area contributed by atoms with Crippen LogP contribution < -0.4 is 0 Å². The Balaban J connectivity index is 1.85. The molecule has 2 aliphatic rings. The van der Waals surface area contributed by atoms with E-state index in [0.717, 1.165) is 45.7 Å². The van der Waals surface area contributed by atoms with Crippen LogP contribution >= 0.6 is 0 Å². The molecule has 0 saturated carbocycles. The number of carbonyl (C=O) groups is 1. The number of likely N-dealkylation sites (tertiary alicyclic amines) is 1. The number of piperazine rings is 1. The third kappa shape index (κ3) is 2.49. The molecular weight excluding hydrogens is 190 g/mol. The lowest BCUT2D eigenvalue weighted by Crippen LogP contribution is -2.49. The third-order valence-electron chi connectivity index (χ3n) is 3.56. The van der Waals surface area contributed by atoms with Crippen LogP contribution in [0.5, 0.6) is 0 Å². The second kappa shape index (κ2) is 4.49. The van der Waals surface area contributed by atoms with Gasteiger partial charge >= 0.3 is 0 Å². The van der Waals surface area contributed by atoms with Crippen LogP contribution in [0.4, 0.5) is 0 Å². The summed E-state index contributed by atoms with van der Waals surface area (Å²) in [7, 11) is 4.21. The zero-order valence-electron chi connectivity index (χ0n) is 9.78. The number of nitrogens with zero attached hydrogens (tertiary/aromatic N) is 3. The van der Waals surface area contributed by atoms with Gasteiger partial charge in [0.25, 0.3) is 0 Å². The highest BCUT2D eigenvalue weighted by atomic mass is 16.2. The molecule has 0 spiro atoms. The molecule has 4 heteroatoms. The fourth-order valence-corrected chi connectivity index (χ4v) is 2.42. The van der Waals surface area contributed by atoms with Crippen molar-refractivity contribution in [2.24, 2.45) is 5.92 Å². The van der Waals surface area contributed by atoms with Crippen LogP contribution in [0.3, 0.4) is 0 Å². The molecule has 0 aromatic rings. The molecule has 1 atom stereocenters. The van der Waals surface area contributed by atoms with Crippen LogP contribution in [0.2, 0.25) is 0 Å². The maximum absolute atomic E-state index is 12.1. The SMILES string of the molecule is CN1CCN(C(=O)[C@@H]2CCN(C)C2)CC1. The molecule has 0 unspecified atom stereocenters. The summed E-state index contributed by atoms with van der Waals surface area (Å²) in [6.07, 6.45) is 1.04. The van der Waals surface area contributed by atoms with E-state index in [1.54, 1.807) is 0 Å². The van der Waals surface area contributed by atoms with Crippen molar-refractivity contribution in [3.8, 4) is 0 Å². The number of hydrogen-bond donors (Lipinski definition) is 0. The second-order valence-corrected chi connectivity index (χ2v) is 4.88. The number of rotatable bonds is 1. The smallest absolute Gasteiger partial charge is 0.227 e. The highest BCUT2D eigenvalue weighted by Crippen LogP contribution is 2.17. The van der Waals surface area contributed by atoms with Crippen LogP contribution in [0.15, 0.2) is 0 Å². The van der Waals surface area contributed by atoms with Gasteiger partial charge in [-0.3, -0.25) is 4.79 Å². The molecule has 2 heterocycles. The molecule has 0 aromatic carbocycles. The Bertz CT molecular complexity index is 236. The third-order valence-corrected chi connectivity index (χ3v) is 3.56. The van der Waals surface area contributed by atoms with E-state index < -0.39 is 0 Å². The average Bonchev–Trinajstić information content (AvgIpc) is 2.65. The average molecular weight is 211 g/mol. The Morgan fingerprint density at radius 1 is 1.00 bits per heavy atom. The van der Waals surface area contributed by atoms with E-state index in [9.17, 15) is 4.79 Å². The number of carbonyl (C=O) groups excluding carboxylic acids is 1. The predicted octanol–water partition coefficient (Wildman–Crippen LogP) is -0.288. The van der Waals surface area contributed by atoms with Crippen molar-refractivity contribution in [1.29, 1.82) is 0 Å². The van der Waals surface area contributed by atoms with Gasteiger partial charge in [0.1, 0.15) is 0 Å². The van der Waals surface area contributed by atoms with E-state index >= 15 is 0 Å². The first-order valence-corrected chi connectivity index (χ1v) is 5.82. The van der Waals surface area contributed by atoms with Crippen LogP contribution in [0.1, 0.15) is 6.42 Å². The van der Waals surface area contributed by atoms with Crippen molar-refractivity contribution in [3.05, 3.63) is 0 Å². The monoisotopic (exact) mass is 211 g/mol. The van der Waals surface area contributed by atoms with Gasteiger partial charge in [0.05, 0.1) is 5.92 Å². The first-order chi connectivity index (χ1) is 7.16. The highest BCUT2D eigenvalue weighted by Gasteiger charge is 2.30. The molecule has 86 valence electrons. The molecule has 0 N–H and O–H groups in total. The van der Waals surface area contributed by atoms with Gasteiger partial charge in [-0.15, -0.1) is 0 Å². The predicted molar refractivity (Wildman–Crippen MR) is 59.7 cm³/mol. The zero-order chi connectivity index (χ0) is 10.8. The lowest BCUT2D eigenvalue weighted by Gasteiger charge is -2.33. The quantitative estimate of drug-likeness (QED) is 0.596. The minimum atomic E-state index is 0.262. The van der Waals surface area contributed by atoms with E-state index in [4.69, 9.17) is 0 Å². The standard InChI is InChI=1S/C11H21N3O/c1-12-5-7-14(8-6-12)11(15)10-3-4-13(2)9-10/h10H,3-9H2,1-2H3/t10-/m1/s1. The number of amides is 1. The number of likely N-dealkylation sites (N-methyl/N-ethyl adjacent to an activating group) is 1. The maximum atomic E-state index is 12.1. The summed E-state index contributed by atoms with van der Waals surface area (Å²) in [4.78, 5) is 18.7. The van der Waals surface area contributed by atoms with Crippen molar-refractivity contribution >= 4 is 5.91 Å². The molecule has 15 heavy (non-hydrogen) atoms. The summed E-state index contributed by atoms with van der Waals surface area (Å²) in [6.45, 7) is 5.89. The summed E-state index contributed by atoms with van der Waals surface area (Å²) in [5.41, 5.74) is 0. The van der Waals surface area contributed by atoms with E-state index in [0.29, 0.717) is 5.91 Å². The van der Waals surface area contributed by atoms with Gasteiger partial charge < -0.3 is 14.7 Å². The Morgan fingerprint density at radius 3 is 2.20 bits per heavy atom. The van der Waals surface area contributed by atoms with Gasteiger partial charge in [0.2, 0.25) is 5.91 Å². The van der Waals surface area contributed by atoms with Gasteiger partial charge in [-0.25, -0.2) is 0 Å². The van der Waals surface area contributed by atoms with E-state index in [1.165, 1.54) is 0 Å². The van der Waals surface area contributed by atoms with Gasteiger partial charge in [-0.1, -0.05) is 0 Å². The van der Waals surface area contributed by atoms with Crippen LogP contribution in [0.25, 0.3) is 0 Å². The van der Waals surface area contributed by atoms with Crippen molar-refractivity contribution < 1.29 is 4.79 Å². The molecule has 0 aliphatic carbocycles. The Hall–Kier alpha value is -0.610. The molecule has 0 radical (unpaired) electrons. The Kier molecular flexibility index (Phi) is 3.26. The molecule has 4 nitrogen and oxygen atoms in total. The molecular formula is C11H21N3O. The highest BCUT2D eigenvalue weighted by molar-refractivity contribution is 5.79.